The fourth-order valence-electron chi connectivity index (χ4n) is 5.02. The molecule has 10 atom stereocenters. The number of hydrogen-bond donors (Lipinski definition) is 9. The maximum atomic E-state index is 13.1. The van der Waals surface area contributed by atoms with Crippen molar-refractivity contribution in [2.24, 2.45) is 0 Å². The second kappa shape index (κ2) is 11.2. The number of aliphatic hydroxyl groups is 7. The molecule has 2 aliphatic heterocycles. The normalized spacial score (nSPS) is 34.0. The Morgan fingerprint density at radius 2 is 1.46 bits per heavy atom. The largest absolute Gasteiger partial charge is 0.507 e. The Labute approximate surface area is 231 Å². The van der Waals surface area contributed by atoms with Gasteiger partial charge in [-0.25, -0.2) is 0 Å². The van der Waals surface area contributed by atoms with E-state index in [1.807, 2.05) is 0 Å². The highest BCUT2D eigenvalue weighted by Gasteiger charge is 2.46. The lowest BCUT2D eigenvalue weighted by molar-refractivity contribution is -0.268. The van der Waals surface area contributed by atoms with Gasteiger partial charge in [0, 0.05) is 17.7 Å². The maximum Gasteiger partial charge on any atom is 0.229 e. The van der Waals surface area contributed by atoms with Gasteiger partial charge in [-0.2, -0.15) is 0 Å². The second-order valence-corrected chi connectivity index (χ2v) is 10.1. The fourth-order valence-corrected chi connectivity index (χ4v) is 5.02. The summed E-state index contributed by atoms with van der Waals surface area (Å²) in [4.78, 5) is 13.1. The molecule has 5 rings (SSSR count). The van der Waals surface area contributed by atoms with E-state index in [0.29, 0.717) is 5.56 Å². The van der Waals surface area contributed by atoms with E-state index in [0.717, 1.165) is 12.1 Å². The number of aromatic hydroxyl groups is 2. The fraction of sp³-hybridized carbons (Fsp3) is 0.444. The number of aliphatic hydroxyl groups excluding tert-OH is 7. The van der Waals surface area contributed by atoms with Gasteiger partial charge < -0.3 is 64.6 Å². The first-order valence-corrected chi connectivity index (χ1v) is 12.7. The van der Waals surface area contributed by atoms with Gasteiger partial charge in [-0.15, -0.1) is 0 Å². The molecule has 3 aromatic rings. The van der Waals surface area contributed by atoms with E-state index in [4.69, 9.17) is 18.6 Å². The number of rotatable bonds is 5. The van der Waals surface area contributed by atoms with E-state index in [-0.39, 0.29) is 28.0 Å². The lowest BCUT2D eigenvalue weighted by Crippen LogP contribution is -2.58. The standard InChI is InChI=1S/C27H30O14/c1-9-19(32)21(34)24(37)27(38-9)39-11-4-2-10(3-5-11)15-7-14(31)17-12(29)6-13(30)18(25(17)40-15)26-23(36)22(35)20(33)16(8-28)41-26/h2-7,9,16,19-24,26-30,32-37H,8H2,1H3. The number of hydrogen-bond acceptors (Lipinski definition) is 14. The third-order valence-corrected chi connectivity index (χ3v) is 7.37. The number of ether oxygens (including phenoxy) is 3. The van der Waals surface area contributed by atoms with Crippen LogP contribution in [-0.2, 0) is 9.47 Å². The zero-order valence-corrected chi connectivity index (χ0v) is 21.5. The van der Waals surface area contributed by atoms with E-state index in [2.05, 4.69) is 0 Å². The predicted octanol–water partition coefficient (Wildman–Crippen LogP) is -1.41. The quantitative estimate of drug-likeness (QED) is 0.169. The maximum absolute atomic E-state index is 13.1. The minimum Gasteiger partial charge on any atom is -0.507 e. The van der Waals surface area contributed by atoms with Crippen LogP contribution in [0.5, 0.6) is 17.2 Å². The smallest absolute Gasteiger partial charge is 0.229 e. The predicted molar refractivity (Wildman–Crippen MR) is 137 cm³/mol. The summed E-state index contributed by atoms with van der Waals surface area (Å²) in [6, 6.07) is 7.81. The SMILES string of the molecule is CC1OC(Oc2ccc(-c3cc(=O)c4c(O)cc(O)c(C5OC(CO)C(O)C(O)C5O)c4o3)cc2)C(O)C(O)C1O. The highest BCUT2D eigenvalue weighted by Crippen LogP contribution is 2.43. The number of benzene rings is 2. The van der Waals surface area contributed by atoms with Crippen LogP contribution in [0.3, 0.4) is 0 Å². The van der Waals surface area contributed by atoms with Crippen LogP contribution in [0.4, 0.5) is 0 Å². The first kappa shape index (κ1) is 29.2. The lowest BCUT2D eigenvalue weighted by Gasteiger charge is -2.40. The molecule has 2 aromatic carbocycles. The minimum absolute atomic E-state index is 0.0361. The molecule has 3 heterocycles. The van der Waals surface area contributed by atoms with Crippen LogP contribution in [0.25, 0.3) is 22.3 Å². The molecule has 2 fully saturated rings. The van der Waals surface area contributed by atoms with Crippen molar-refractivity contribution >= 4 is 11.0 Å². The molecule has 1 aromatic heterocycles. The van der Waals surface area contributed by atoms with Gasteiger partial charge in [-0.3, -0.25) is 4.79 Å². The molecule has 0 bridgehead atoms. The summed E-state index contributed by atoms with van der Waals surface area (Å²) in [5.41, 5.74) is -1.06. The zero-order chi connectivity index (χ0) is 29.7. The zero-order valence-electron chi connectivity index (χ0n) is 21.5. The van der Waals surface area contributed by atoms with Gasteiger partial charge in [0.15, 0.2) is 11.0 Å². The lowest BCUT2D eigenvalue weighted by atomic mass is 9.89. The highest BCUT2D eigenvalue weighted by molar-refractivity contribution is 5.89. The van der Waals surface area contributed by atoms with Crippen LogP contribution in [0, 0.1) is 0 Å². The molecule has 2 aliphatic rings. The molecule has 14 heteroatoms. The van der Waals surface area contributed by atoms with Crippen molar-refractivity contribution in [3.63, 3.8) is 0 Å². The number of fused-ring (bicyclic) bond motifs is 1. The van der Waals surface area contributed by atoms with Crippen LogP contribution < -0.4 is 10.2 Å². The Kier molecular flexibility index (Phi) is 7.95. The molecule has 0 spiro atoms. The van der Waals surface area contributed by atoms with E-state index in [9.17, 15) is 50.8 Å². The summed E-state index contributed by atoms with van der Waals surface area (Å²) in [6.45, 7) is 0.776. The number of phenolic OH excluding ortho intramolecular Hbond substituents is 2. The van der Waals surface area contributed by atoms with Gasteiger partial charge in [-0.1, -0.05) is 0 Å². The van der Waals surface area contributed by atoms with E-state index in [1.54, 1.807) is 0 Å². The second-order valence-electron chi connectivity index (χ2n) is 10.1. The van der Waals surface area contributed by atoms with Gasteiger partial charge >= 0.3 is 0 Å². The first-order valence-electron chi connectivity index (χ1n) is 12.7. The van der Waals surface area contributed by atoms with Crippen molar-refractivity contribution in [2.75, 3.05) is 6.61 Å². The van der Waals surface area contributed by atoms with Crippen molar-refractivity contribution < 1.29 is 64.6 Å². The highest BCUT2D eigenvalue weighted by atomic mass is 16.7. The molecule has 10 unspecified atom stereocenters. The summed E-state index contributed by atoms with van der Waals surface area (Å²) in [5.74, 6) is -1.10. The van der Waals surface area contributed by atoms with Crippen LogP contribution in [0.2, 0.25) is 0 Å². The first-order chi connectivity index (χ1) is 19.4. The van der Waals surface area contributed by atoms with Crippen molar-refractivity contribution in [3.05, 3.63) is 52.2 Å². The van der Waals surface area contributed by atoms with Crippen molar-refractivity contribution in [3.8, 4) is 28.6 Å². The average Bonchev–Trinajstić information content (AvgIpc) is 2.94. The van der Waals surface area contributed by atoms with E-state index >= 15 is 0 Å². The van der Waals surface area contributed by atoms with Gasteiger partial charge in [0.1, 0.15) is 77.2 Å². The summed E-state index contributed by atoms with van der Waals surface area (Å²) in [6.07, 6.45) is -14.5. The van der Waals surface area contributed by atoms with Crippen molar-refractivity contribution in [1.29, 1.82) is 0 Å². The third kappa shape index (κ3) is 5.14. The summed E-state index contributed by atoms with van der Waals surface area (Å²) in [7, 11) is 0. The average molecular weight is 579 g/mol. The Morgan fingerprint density at radius 3 is 2.12 bits per heavy atom. The molecule has 0 saturated carbocycles. The Bertz CT molecular complexity index is 1450. The van der Waals surface area contributed by atoms with Crippen LogP contribution in [-0.4, -0.2) is 108 Å². The molecule has 14 nitrogen and oxygen atoms in total. The molecule has 0 amide bonds. The number of phenols is 2. The van der Waals surface area contributed by atoms with Gasteiger partial charge in [0.05, 0.1) is 18.3 Å². The van der Waals surface area contributed by atoms with Crippen molar-refractivity contribution in [1.82, 2.24) is 0 Å². The molecule has 0 aliphatic carbocycles. The van der Waals surface area contributed by atoms with Gasteiger partial charge in [0.25, 0.3) is 0 Å². The van der Waals surface area contributed by atoms with E-state index < -0.39 is 84.8 Å². The molecular weight excluding hydrogens is 548 g/mol. The monoisotopic (exact) mass is 578 g/mol. The molecule has 0 radical (unpaired) electrons. The molecule has 2 saturated heterocycles. The minimum atomic E-state index is -1.81. The van der Waals surface area contributed by atoms with Crippen molar-refractivity contribution in [2.45, 2.75) is 68.1 Å². The van der Waals surface area contributed by atoms with E-state index in [1.165, 1.54) is 31.2 Å². The molecule has 9 N–H and O–H groups in total. The molecule has 222 valence electrons. The van der Waals surface area contributed by atoms with Gasteiger partial charge in [-0.05, 0) is 31.2 Å². The summed E-state index contributed by atoms with van der Waals surface area (Å²) < 4.78 is 22.5. The van der Waals surface area contributed by atoms with Crippen LogP contribution in [0.1, 0.15) is 18.6 Å². The van der Waals surface area contributed by atoms with Crippen LogP contribution >= 0.6 is 0 Å². The topological polar surface area (TPSA) is 240 Å². The Balaban J connectivity index is 1.51. The molecule has 41 heavy (non-hydrogen) atoms. The Morgan fingerprint density at radius 1 is 0.805 bits per heavy atom. The molecular formula is C27H30O14. The summed E-state index contributed by atoms with van der Waals surface area (Å²) >= 11 is 0. The third-order valence-electron chi connectivity index (χ3n) is 7.37. The van der Waals surface area contributed by atoms with Gasteiger partial charge in [0.2, 0.25) is 6.29 Å². The summed E-state index contributed by atoms with van der Waals surface area (Å²) in [5, 5.41) is 91.4. The van der Waals surface area contributed by atoms with Crippen LogP contribution in [0.15, 0.2) is 45.6 Å². The Hall–Kier alpha value is -3.31.